The fraction of sp³-hybridized carbons (Fsp3) is 0.100. The average molecular weight is 236 g/mol. The summed E-state index contributed by atoms with van der Waals surface area (Å²) in [7, 11) is 0. The third kappa shape index (κ3) is 2.22. The van der Waals surface area contributed by atoms with E-state index in [1.54, 1.807) is 12.3 Å². The minimum absolute atomic E-state index is 0.0151. The predicted octanol–water partition coefficient (Wildman–Crippen LogP) is 2.23. The van der Waals surface area contributed by atoms with Crippen molar-refractivity contribution in [3.63, 3.8) is 0 Å². The fourth-order valence-electron chi connectivity index (χ4n) is 1.09. The smallest absolute Gasteiger partial charge is 0.354 e. The van der Waals surface area contributed by atoms with Crippen molar-refractivity contribution < 1.29 is 14.3 Å². The van der Waals surface area contributed by atoms with Crippen LogP contribution in [0.1, 0.15) is 16.2 Å². The quantitative estimate of drug-likeness (QED) is 0.823. The number of rotatable bonds is 3. The zero-order valence-corrected chi connectivity index (χ0v) is 9.19. The van der Waals surface area contributed by atoms with Crippen LogP contribution in [0.2, 0.25) is 0 Å². The van der Waals surface area contributed by atoms with Crippen molar-refractivity contribution in [1.29, 1.82) is 0 Å². The van der Waals surface area contributed by atoms with Gasteiger partial charge in [-0.05, 0) is 30.8 Å². The minimum Gasteiger partial charge on any atom is -0.477 e. The van der Waals surface area contributed by atoms with Crippen molar-refractivity contribution in [3.05, 3.63) is 36.0 Å². The largest absolute Gasteiger partial charge is 0.477 e. The molecule has 0 aromatic carbocycles. The van der Waals surface area contributed by atoms with Gasteiger partial charge >= 0.3 is 5.97 Å². The Kier molecular flexibility index (Phi) is 2.91. The van der Waals surface area contributed by atoms with E-state index in [0.29, 0.717) is 5.16 Å². The van der Waals surface area contributed by atoms with Crippen molar-refractivity contribution in [2.75, 3.05) is 0 Å². The molecule has 0 unspecified atom stereocenters. The topological polar surface area (TPSA) is 76.2 Å². The molecule has 6 heteroatoms. The normalized spacial score (nSPS) is 10.3. The summed E-state index contributed by atoms with van der Waals surface area (Å²) in [6, 6.07) is 3.14. The Balaban J connectivity index is 2.25. The number of nitrogens with zero attached hydrogens (tertiary/aromatic N) is 2. The molecule has 0 fully saturated rings. The number of aromatic carboxylic acids is 1. The SMILES string of the molecule is Cc1occc1Sc1nccc(C(=O)O)n1. The van der Waals surface area contributed by atoms with E-state index in [2.05, 4.69) is 9.97 Å². The van der Waals surface area contributed by atoms with E-state index >= 15 is 0 Å². The molecule has 2 heterocycles. The molecule has 1 N–H and O–H groups in total. The van der Waals surface area contributed by atoms with E-state index in [4.69, 9.17) is 9.52 Å². The van der Waals surface area contributed by atoms with Crippen LogP contribution in [0, 0.1) is 6.92 Å². The standard InChI is InChI=1S/C10H8N2O3S/c1-6-8(3-5-15-6)16-10-11-4-2-7(12-10)9(13)14/h2-5H,1H3,(H,13,14). The first-order chi connectivity index (χ1) is 7.66. The monoisotopic (exact) mass is 236 g/mol. The molecule has 0 aliphatic heterocycles. The number of hydrogen-bond donors (Lipinski definition) is 1. The van der Waals surface area contributed by atoms with Gasteiger partial charge in [-0.25, -0.2) is 14.8 Å². The van der Waals surface area contributed by atoms with Gasteiger partial charge in [-0.3, -0.25) is 0 Å². The molecule has 82 valence electrons. The van der Waals surface area contributed by atoms with Crippen molar-refractivity contribution in [2.45, 2.75) is 17.0 Å². The maximum absolute atomic E-state index is 10.7. The Hall–Kier alpha value is -1.82. The molecule has 0 radical (unpaired) electrons. The maximum Gasteiger partial charge on any atom is 0.354 e. The molecule has 0 saturated heterocycles. The lowest BCUT2D eigenvalue weighted by atomic mass is 10.4. The van der Waals surface area contributed by atoms with Gasteiger partial charge in [0.1, 0.15) is 5.76 Å². The highest BCUT2D eigenvalue weighted by Crippen LogP contribution is 2.28. The second kappa shape index (κ2) is 4.36. The number of carboxylic acid groups (broad SMARTS) is 1. The molecule has 2 rings (SSSR count). The van der Waals surface area contributed by atoms with Crippen LogP contribution in [0.25, 0.3) is 0 Å². The third-order valence-electron chi connectivity index (χ3n) is 1.87. The summed E-state index contributed by atoms with van der Waals surface area (Å²) in [4.78, 5) is 19.5. The van der Waals surface area contributed by atoms with Crippen molar-refractivity contribution >= 4 is 17.7 Å². The minimum atomic E-state index is -1.06. The van der Waals surface area contributed by atoms with E-state index in [1.165, 1.54) is 24.0 Å². The lowest BCUT2D eigenvalue weighted by Crippen LogP contribution is -2.01. The van der Waals surface area contributed by atoms with Gasteiger partial charge in [0, 0.05) is 6.20 Å². The maximum atomic E-state index is 10.7. The molecule has 0 aliphatic carbocycles. The molecule has 0 amide bonds. The Labute approximate surface area is 95.5 Å². The summed E-state index contributed by atoms with van der Waals surface area (Å²) in [5.74, 6) is -0.303. The van der Waals surface area contributed by atoms with Crippen LogP contribution in [-0.2, 0) is 0 Å². The summed E-state index contributed by atoms with van der Waals surface area (Å²) in [5.41, 5.74) is -0.0151. The zero-order valence-electron chi connectivity index (χ0n) is 8.38. The number of aromatic nitrogens is 2. The highest BCUT2D eigenvalue weighted by molar-refractivity contribution is 7.99. The Bertz CT molecular complexity index is 524. The molecule has 2 aromatic rings. The van der Waals surface area contributed by atoms with Crippen LogP contribution in [-0.4, -0.2) is 21.0 Å². The lowest BCUT2D eigenvalue weighted by Gasteiger charge is -1.99. The van der Waals surface area contributed by atoms with Gasteiger partial charge in [-0.1, -0.05) is 0 Å². The molecule has 0 saturated carbocycles. The lowest BCUT2D eigenvalue weighted by molar-refractivity contribution is 0.0689. The fourth-order valence-corrected chi connectivity index (χ4v) is 1.86. The molecule has 5 nitrogen and oxygen atoms in total. The van der Waals surface area contributed by atoms with E-state index in [9.17, 15) is 4.79 Å². The number of carbonyl (C=O) groups is 1. The third-order valence-corrected chi connectivity index (χ3v) is 2.89. The highest BCUT2D eigenvalue weighted by Gasteiger charge is 2.09. The summed E-state index contributed by atoms with van der Waals surface area (Å²) >= 11 is 1.27. The first kappa shape index (κ1) is 10.7. The molecule has 2 aromatic heterocycles. The van der Waals surface area contributed by atoms with Gasteiger partial charge in [-0.2, -0.15) is 0 Å². The van der Waals surface area contributed by atoms with Crippen LogP contribution >= 0.6 is 11.8 Å². The Morgan fingerprint density at radius 3 is 2.94 bits per heavy atom. The van der Waals surface area contributed by atoms with Crippen molar-refractivity contribution in [3.8, 4) is 0 Å². The number of carboxylic acids is 1. The molecular formula is C10H8N2O3S. The molecule has 0 atom stereocenters. The molecule has 0 bridgehead atoms. The zero-order chi connectivity index (χ0) is 11.5. The predicted molar refractivity (Wildman–Crippen MR) is 56.6 cm³/mol. The van der Waals surface area contributed by atoms with Crippen LogP contribution in [0.15, 0.2) is 39.1 Å². The van der Waals surface area contributed by atoms with E-state index < -0.39 is 5.97 Å². The van der Waals surface area contributed by atoms with Gasteiger partial charge in [0.2, 0.25) is 0 Å². The Morgan fingerprint density at radius 2 is 2.31 bits per heavy atom. The van der Waals surface area contributed by atoms with Crippen LogP contribution in [0.4, 0.5) is 0 Å². The van der Waals surface area contributed by atoms with Gasteiger partial charge in [0.05, 0.1) is 11.2 Å². The molecule has 16 heavy (non-hydrogen) atoms. The molecular weight excluding hydrogens is 228 g/mol. The van der Waals surface area contributed by atoms with Gasteiger partial charge in [-0.15, -0.1) is 0 Å². The summed E-state index contributed by atoms with van der Waals surface area (Å²) < 4.78 is 5.12. The highest BCUT2D eigenvalue weighted by atomic mass is 32.2. The second-order valence-corrected chi connectivity index (χ2v) is 3.98. The van der Waals surface area contributed by atoms with Crippen molar-refractivity contribution in [2.24, 2.45) is 0 Å². The van der Waals surface area contributed by atoms with Gasteiger partial charge < -0.3 is 9.52 Å². The van der Waals surface area contributed by atoms with Crippen LogP contribution in [0.3, 0.4) is 0 Å². The molecule has 0 spiro atoms. The van der Waals surface area contributed by atoms with E-state index in [-0.39, 0.29) is 5.69 Å². The second-order valence-electron chi connectivity index (χ2n) is 2.97. The van der Waals surface area contributed by atoms with Crippen molar-refractivity contribution in [1.82, 2.24) is 9.97 Å². The number of furan rings is 1. The van der Waals surface area contributed by atoms with E-state index in [0.717, 1.165) is 10.7 Å². The summed E-state index contributed by atoms with van der Waals surface area (Å²) in [6.45, 7) is 1.82. The van der Waals surface area contributed by atoms with Gasteiger partial charge in [0.15, 0.2) is 10.9 Å². The Morgan fingerprint density at radius 1 is 1.50 bits per heavy atom. The van der Waals surface area contributed by atoms with E-state index in [1.807, 2.05) is 6.92 Å². The average Bonchev–Trinajstić information content (AvgIpc) is 2.65. The van der Waals surface area contributed by atoms with Crippen LogP contribution < -0.4 is 0 Å². The summed E-state index contributed by atoms with van der Waals surface area (Å²) in [5, 5.41) is 9.16. The number of aryl methyl sites for hydroxylation is 1. The van der Waals surface area contributed by atoms with Crippen LogP contribution in [0.5, 0.6) is 0 Å². The summed E-state index contributed by atoms with van der Waals surface area (Å²) in [6.07, 6.45) is 2.99. The first-order valence-electron chi connectivity index (χ1n) is 4.45. The first-order valence-corrected chi connectivity index (χ1v) is 5.27. The molecule has 0 aliphatic rings. The van der Waals surface area contributed by atoms with Gasteiger partial charge in [0.25, 0.3) is 0 Å². The number of hydrogen-bond acceptors (Lipinski definition) is 5.